The first kappa shape index (κ1) is 15.4. The number of carboxylic acids is 1. The van der Waals surface area contributed by atoms with Gasteiger partial charge in [0.15, 0.2) is 0 Å². The maximum absolute atomic E-state index is 9.00. The summed E-state index contributed by atoms with van der Waals surface area (Å²) in [6, 6.07) is 9.75. The summed E-state index contributed by atoms with van der Waals surface area (Å²) in [4.78, 5) is 10.9. The van der Waals surface area contributed by atoms with Crippen LogP contribution in [0.3, 0.4) is 0 Å². The van der Waals surface area contributed by atoms with Crippen LogP contribution in [-0.2, 0) is 4.79 Å². The highest BCUT2D eigenvalue weighted by Gasteiger charge is 2.02. The first-order valence-corrected chi connectivity index (χ1v) is 5.33. The van der Waals surface area contributed by atoms with E-state index in [1.54, 1.807) is 0 Å². The van der Waals surface area contributed by atoms with Crippen LogP contribution in [0.5, 0.6) is 0 Å². The fourth-order valence-electron chi connectivity index (χ4n) is 1.25. The normalized spacial score (nSPS) is 9.12. The van der Waals surface area contributed by atoms with E-state index in [0.29, 0.717) is 13.1 Å². The molecule has 5 nitrogen and oxygen atoms in total. The van der Waals surface area contributed by atoms with Gasteiger partial charge in [0.1, 0.15) is 0 Å². The predicted octanol–water partition coefficient (Wildman–Crippen LogP) is 0.568. The second kappa shape index (κ2) is 9.62. The maximum Gasteiger partial charge on any atom is 0.300 e. The number of carbonyl (C=O) groups is 1. The summed E-state index contributed by atoms with van der Waals surface area (Å²) < 4.78 is 0. The minimum Gasteiger partial charge on any atom is -0.481 e. The van der Waals surface area contributed by atoms with Crippen LogP contribution in [0.1, 0.15) is 6.92 Å². The number of aliphatic hydroxyl groups is 2. The van der Waals surface area contributed by atoms with E-state index in [4.69, 9.17) is 20.1 Å². The SMILES string of the molecule is CC(=O)O.OCCN(CCO)c1ccccc1. The molecule has 1 aromatic carbocycles. The van der Waals surface area contributed by atoms with Crippen molar-refractivity contribution in [3.05, 3.63) is 30.3 Å². The van der Waals surface area contributed by atoms with Crippen LogP contribution >= 0.6 is 0 Å². The minimum absolute atomic E-state index is 0.106. The number of hydrogen-bond acceptors (Lipinski definition) is 4. The third-order valence-corrected chi connectivity index (χ3v) is 1.86. The van der Waals surface area contributed by atoms with Crippen LogP contribution < -0.4 is 4.90 Å². The Morgan fingerprint density at radius 1 is 1.12 bits per heavy atom. The van der Waals surface area contributed by atoms with E-state index >= 15 is 0 Å². The largest absolute Gasteiger partial charge is 0.481 e. The molecule has 0 heterocycles. The molecule has 0 amide bonds. The molecule has 0 unspecified atom stereocenters. The molecule has 0 aliphatic rings. The molecule has 0 bridgehead atoms. The van der Waals surface area contributed by atoms with Gasteiger partial charge in [-0.05, 0) is 12.1 Å². The van der Waals surface area contributed by atoms with Crippen molar-refractivity contribution in [2.75, 3.05) is 31.2 Å². The van der Waals surface area contributed by atoms with E-state index < -0.39 is 5.97 Å². The van der Waals surface area contributed by atoms with Crippen molar-refractivity contribution in [3.8, 4) is 0 Å². The molecule has 1 aromatic rings. The van der Waals surface area contributed by atoms with Gasteiger partial charge in [0.25, 0.3) is 5.97 Å². The number of nitrogens with zero attached hydrogens (tertiary/aromatic N) is 1. The van der Waals surface area contributed by atoms with E-state index in [9.17, 15) is 0 Å². The second-order valence-corrected chi connectivity index (χ2v) is 3.29. The Labute approximate surface area is 101 Å². The fraction of sp³-hybridized carbons (Fsp3) is 0.417. The van der Waals surface area contributed by atoms with Gasteiger partial charge in [-0.15, -0.1) is 0 Å². The summed E-state index contributed by atoms with van der Waals surface area (Å²) in [6.45, 7) is 2.42. The number of para-hydroxylation sites is 1. The Kier molecular flexibility index (Phi) is 8.72. The van der Waals surface area contributed by atoms with Gasteiger partial charge in [-0.3, -0.25) is 4.79 Å². The molecule has 0 saturated heterocycles. The van der Waals surface area contributed by atoms with E-state index in [2.05, 4.69) is 0 Å². The molecule has 1 rings (SSSR count). The van der Waals surface area contributed by atoms with Crippen LogP contribution in [0, 0.1) is 0 Å². The Hall–Kier alpha value is -1.59. The highest BCUT2D eigenvalue weighted by molar-refractivity contribution is 5.62. The Bertz CT molecular complexity index is 293. The summed E-state index contributed by atoms with van der Waals surface area (Å²) in [5.74, 6) is -0.833. The van der Waals surface area contributed by atoms with Crippen molar-refractivity contribution in [2.24, 2.45) is 0 Å². The lowest BCUT2D eigenvalue weighted by molar-refractivity contribution is -0.134. The number of aliphatic carboxylic acids is 1. The molecule has 0 fully saturated rings. The molecule has 0 radical (unpaired) electrons. The summed E-state index contributed by atoms with van der Waals surface area (Å²) >= 11 is 0. The molecule has 0 aromatic heterocycles. The number of benzene rings is 1. The van der Waals surface area contributed by atoms with Gasteiger partial charge in [-0.1, -0.05) is 18.2 Å². The van der Waals surface area contributed by atoms with E-state index in [-0.39, 0.29) is 13.2 Å². The summed E-state index contributed by atoms with van der Waals surface area (Å²) in [6.07, 6.45) is 0. The molecule has 0 spiro atoms. The number of rotatable bonds is 5. The maximum atomic E-state index is 9.00. The van der Waals surface area contributed by atoms with Crippen LogP contribution in [-0.4, -0.2) is 47.6 Å². The van der Waals surface area contributed by atoms with Gasteiger partial charge in [0.05, 0.1) is 13.2 Å². The first-order valence-electron chi connectivity index (χ1n) is 5.33. The number of anilines is 1. The van der Waals surface area contributed by atoms with Gasteiger partial charge in [-0.25, -0.2) is 0 Å². The lowest BCUT2D eigenvalue weighted by Gasteiger charge is -2.22. The summed E-state index contributed by atoms with van der Waals surface area (Å²) in [7, 11) is 0. The highest BCUT2D eigenvalue weighted by atomic mass is 16.4. The molecule has 0 atom stereocenters. The molecule has 3 N–H and O–H groups in total. The number of carboxylic acid groups (broad SMARTS) is 1. The number of aliphatic hydroxyl groups excluding tert-OH is 2. The average Bonchev–Trinajstić information content (AvgIpc) is 2.29. The molecule has 0 aliphatic carbocycles. The molecule has 96 valence electrons. The average molecular weight is 241 g/mol. The van der Waals surface area contributed by atoms with Crippen molar-refractivity contribution in [2.45, 2.75) is 6.92 Å². The zero-order chi connectivity index (χ0) is 13.1. The van der Waals surface area contributed by atoms with E-state index in [0.717, 1.165) is 12.6 Å². The fourth-order valence-corrected chi connectivity index (χ4v) is 1.25. The smallest absolute Gasteiger partial charge is 0.300 e. The number of hydrogen-bond donors (Lipinski definition) is 3. The lowest BCUT2D eigenvalue weighted by Crippen LogP contribution is -2.29. The molecule has 17 heavy (non-hydrogen) atoms. The summed E-state index contributed by atoms with van der Waals surface area (Å²) in [5.41, 5.74) is 1.03. The van der Waals surface area contributed by atoms with Gasteiger partial charge >= 0.3 is 0 Å². The van der Waals surface area contributed by atoms with E-state index in [1.807, 2.05) is 35.2 Å². The van der Waals surface area contributed by atoms with Crippen LogP contribution in [0.4, 0.5) is 5.69 Å². The van der Waals surface area contributed by atoms with Crippen LogP contribution in [0.2, 0.25) is 0 Å². The van der Waals surface area contributed by atoms with Gasteiger partial charge in [0, 0.05) is 25.7 Å². The second-order valence-electron chi connectivity index (χ2n) is 3.29. The molecule has 0 saturated carbocycles. The monoisotopic (exact) mass is 241 g/mol. The zero-order valence-electron chi connectivity index (χ0n) is 9.91. The van der Waals surface area contributed by atoms with Crippen LogP contribution in [0.15, 0.2) is 30.3 Å². The zero-order valence-corrected chi connectivity index (χ0v) is 9.91. The van der Waals surface area contributed by atoms with Crippen molar-refractivity contribution in [1.29, 1.82) is 0 Å². The topological polar surface area (TPSA) is 81.0 Å². The minimum atomic E-state index is -0.833. The lowest BCUT2D eigenvalue weighted by atomic mass is 10.3. The van der Waals surface area contributed by atoms with Crippen molar-refractivity contribution in [1.82, 2.24) is 0 Å². The standard InChI is InChI=1S/C10H15NO2.C2H4O2/c12-8-6-11(7-9-13)10-4-2-1-3-5-10;1-2(3)4/h1-5,12-13H,6-9H2;1H3,(H,3,4). The Balaban J connectivity index is 0.000000557. The van der Waals surface area contributed by atoms with E-state index in [1.165, 1.54) is 0 Å². The van der Waals surface area contributed by atoms with Crippen LogP contribution in [0.25, 0.3) is 0 Å². The van der Waals surface area contributed by atoms with Crippen molar-refractivity contribution < 1.29 is 20.1 Å². The van der Waals surface area contributed by atoms with Crippen molar-refractivity contribution in [3.63, 3.8) is 0 Å². The molecule has 5 heteroatoms. The first-order chi connectivity index (χ1) is 8.11. The molecule has 0 aliphatic heterocycles. The molecular formula is C12H19NO4. The van der Waals surface area contributed by atoms with Crippen molar-refractivity contribution >= 4 is 11.7 Å². The van der Waals surface area contributed by atoms with Gasteiger partial charge in [0.2, 0.25) is 0 Å². The Morgan fingerprint density at radius 3 is 1.88 bits per heavy atom. The third kappa shape index (κ3) is 8.24. The Morgan fingerprint density at radius 2 is 1.53 bits per heavy atom. The third-order valence-electron chi connectivity index (χ3n) is 1.86. The van der Waals surface area contributed by atoms with Gasteiger partial charge < -0.3 is 20.2 Å². The summed E-state index contributed by atoms with van der Waals surface area (Å²) in [5, 5.41) is 25.0. The predicted molar refractivity (Wildman–Crippen MR) is 66.1 cm³/mol. The van der Waals surface area contributed by atoms with Gasteiger partial charge in [-0.2, -0.15) is 0 Å². The molecular weight excluding hydrogens is 222 g/mol. The highest BCUT2D eigenvalue weighted by Crippen LogP contribution is 2.11. The quantitative estimate of drug-likeness (QED) is 0.702.